The lowest BCUT2D eigenvalue weighted by molar-refractivity contribution is -0.0747. The highest BCUT2D eigenvalue weighted by molar-refractivity contribution is 7.80. The third-order valence-corrected chi connectivity index (χ3v) is 5.77. The van der Waals surface area contributed by atoms with Crippen molar-refractivity contribution in [1.82, 2.24) is 9.80 Å². The van der Waals surface area contributed by atoms with Crippen LogP contribution in [-0.4, -0.2) is 64.5 Å². The maximum atomic E-state index is 5.86. The molecule has 0 amide bonds. The van der Waals surface area contributed by atoms with Gasteiger partial charge in [0.2, 0.25) is 0 Å². The summed E-state index contributed by atoms with van der Waals surface area (Å²) in [5.74, 6) is 0. The Balaban J connectivity index is 1.65. The average Bonchev–Trinajstić information content (AvgIpc) is 2.78. The zero-order valence-electron chi connectivity index (χ0n) is 14.4. The molecule has 0 radical (unpaired) electrons. The maximum absolute atomic E-state index is 5.86. The molecule has 0 bridgehead atoms. The molecule has 3 aliphatic rings. The van der Waals surface area contributed by atoms with Gasteiger partial charge in [0.25, 0.3) is 0 Å². The van der Waals surface area contributed by atoms with Crippen molar-refractivity contribution in [2.45, 2.75) is 76.7 Å². The molecule has 3 fully saturated rings. The quantitative estimate of drug-likeness (QED) is 0.727. The first-order chi connectivity index (χ1) is 10.3. The van der Waals surface area contributed by atoms with Crippen LogP contribution in [0.2, 0.25) is 0 Å². The predicted octanol–water partition coefficient (Wildman–Crippen LogP) is 2.80. The van der Waals surface area contributed by atoms with Crippen LogP contribution in [0.15, 0.2) is 0 Å². The largest absolute Gasteiger partial charge is 0.375 e. The molecule has 5 heteroatoms. The fourth-order valence-corrected chi connectivity index (χ4v) is 4.66. The lowest BCUT2D eigenvalue weighted by Crippen LogP contribution is -2.50. The molecular formula is C17H30N2O2S. The smallest absolute Gasteiger partial charge is 0.172 e. The summed E-state index contributed by atoms with van der Waals surface area (Å²) in [6.07, 6.45) is 4.33. The van der Waals surface area contributed by atoms with Crippen LogP contribution in [0, 0.1) is 0 Å². The molecule has 3 heterocycles. The summed E-state index contributed by atoms with van der Waals surface area (Å²) in [6.45, 7) is 12.6. The van der Waals surface area contributed by atoms with Gasteiger partial charge >= 0.3 is 0 Å². The third kappa shape index (κ3) is 3.41. The molecule has 0 aromatic heterocycles. The first-order valence-electron chi connectivity index (χ1n) is 8.63. The Morgan fingerprint density at radius 2 is 1.27 bits per heavy atom. The zero-order valence-corrected chi connectivity index (χ0v) is 15.2. The van der Waals surface area contributed by atoms with Crippen LogP contribution in [0.1, 0.15) is 53.4 Å². The summed E-state index contributed by atoms with van der Waals surface area (Å²) >= 11 is 5.84. The van der Waals surface area contributed by atoms with Crippen LogP contribution in [0.5, 0.6) is 0 Å². The molecule has 22 heavy (non-hydrogen) atoms. The van der Waals surface area contributed by atoms with Crippen molar-refractivity contribution in [2.75, 3.05) is 26.3 Å². The third-order valence-electron chi connectivity index (χ3n) is 5.30. The first kappa shape index (κ1) is 16.5. The normalized spacial score (nSPS) is 35.0. The number of ether oxygens (including phenoxy) is 2. The van der Waals surface area contributed by atoms with Crippen molar-refractivity contribution >= 4 is 17.3 Å². The van der Waals surface area contributed by atoms with Gasteiger partial charge in [0, 0.05) is 38.4 Å². The predicted molar refractivity (Wildman–Crippen MR) is 92.1 cm³/mol. The van der Waals surface area contributed by atoms with E-state index in [0.717, 1.165) is 57.1 Å². The summed E-state index contributed by atoms with van der Waals surface area (Å²) in [4.78, 5) is 4.92. The van der Waals surface area contributed by atoms with E-state index < -0.39 is 0 Å². The van der Waals surface area contributed by atoms with E-state index in [-0.39, 0.29) is 11.2 Å². The summed E-state index contributed by atoms with van der Waals surface area (Å²) < 4.78 is 11.7. The van der Waals surface area contributed by atoms with Crippen molar-refractivity contribution in [2.24, 2.45) is 0 Å². The van der Waals surface area contributed by atoms with E-state index in [0.29, 0.717) is 12.1 Å². The highest BCUT2D eigenvalue weighted by atomic mass is 32.1. The maximum Gasteiger partial charge on any atom is 0.172 e. The molecule has 0 aromatic rings. The second-order valence-corrected chi connectivity index (χ2v) is 8.54. The Labute approximate surface area is 140 Å². The Bertz CT molecular complexity index is 400. The van der Waals surface area contributed by atoms with E-state index in [1.807, 2.05) is 0 Å². The zero-order chi connectivity index (χ0) is 16.0. The molecular weight excluding hydrogens is 296 g/mol. The van der Waals surface area contributed by atoms with E-state index >= 15 is 0 Å². The number of hydrogen-bond donors (Lipinski definition) is 0. The van der Waals surface area contributed by atoms with Gasteiger partial charge in [-0.1, -0.05) is 0 Å². The summed E-state index contributed by atoms with van der Waals surface area (Å²) in [7, 11) is 0. The van der Waals surface area contributed by atoms with Crippen LogP contribution in [0.4, 0.5) is 0 Å². The SMILES string of the molecule is CC1(C)C[C@H](N2CCN([C@@H]3CCOC(C)(C)C3)C2=S)CCO1. The van der Waals surface area contributed by atoms with Gasteiger partial charge in [-0.15, -0.1) is 0 Å². The number of thiocarbonyl (C=S) groups is 1. The lowest BCUT2D eigenvalue weighted by Gasteiger charge is -2.43. The molecule has 3 aliphatic heterocycles. The van der Waals surface area contributed by atoms with Crippen molar-refractivity contribution in [3.05, 3.63) is 0 Å². The van der Waals surface area contributed by atoms with E-state index in [1.165, 1.54) is 0 Å². The van der Waals surface area contributed by atoms with Crippen molar-refractivity contribution < 1.29 is 9.47 Å². The van der Waals surface area contributed by atoms with Crippen molar-refractivity contribution in [3.63, 3.8) is 0 Å². The number of nitrogens with zero attached hydrogens (tertiary/aromatic N) is 2. The fourth-order valence-electron chi connectivity index (χ4n) is 4.18. The van der Waals surface area contributed by atoms with Crippen molar-refractivity contribution in [1.29, 1.82) is 0 Å². The first-order valence-corrected chi connectivity index (χ1v) is 9.03. The molecule has 0 N–H and O–H groups in total. The van der Waals surface area contributed by atoms with E-state index in [2.05, 4.69) is 37.5 Å². The van der Waals surface area contributed by atoms with E-state index in [4.69, 9.17) is 21.7 Å². The molecule has 3 rings (SSSR count). The van der Waals surface area contributed by atoms with Gasteiger partial charge in [-0.2, -0.15) is 0 Å². The van der Waals surface area contributed by atoms with E-state index in [1.54, 1.807) is 0 Å². The summed E-state index contributed by atoms with van der Waals surface area (Å²) in [5, 5.41) is 1.06. The Kier molecular flexibility index (Phi) is 4.43. The Morgan fingerprint density at radius 3 is 1.64 bits per heavy atom. The molecule has 3 saturated heterocycles. The molecule has 0 saturated carbocycles. The van der Waals surface area contributed by atoms with Crippen LogP contribution in [-0.2, 0) is 9.47 Å². The number of rotatable bonds is 2. The minimum absolute atomic E-state index is 0.0212. The van der Waals surface area contributed by atoms with Gasteiger partial charge in [-0.25, -0.2) is 0 Å². The molecule has 0 aliphatic carbocycles. The van der Waals surface area contributed by atoms with Gasteiger partial charge in [0.15, 0.2) is 5.11 Å². The minimum Gasteiger partial charge on any atom is -0.375 e. The van der Waals surface area contributed by atoms with Gasteiger partial charge in [-0.3, -0.25) is 0 Å². The molecule has 4 nitrogen and oxygen atoms in total. The Hall–Kier alpha value is -0.390. The van der Waals surface area contributed by atoms with Crippen LogP contribution in [0.25, 0.3) is 0 Å². The van der Waals surface area contributed by atoms with E-state index in [9.17, 15) is 0 Å². The second kappa shape index (κ2) is 5.91. The average molecular weight is 327 g/mol. The molecule has 0 aromatic carbocycles. The lowest BCUT2D eigenvalue weighted by atomic mass is 9.93. The summed E-state index contributed by atoms with van der Waals surface area (Å²) in [5.41, 5.74) is -0.0424. The van der Waals surface area contributed by atoms with Gasteiger partial charge in [-0.05, 0) is 65.6 Å². The Morgan fingerprint density at radius 1 is 0.864 bits per heavy atom. The highest BCUT2D eigenvalue weighted by Gasteiger charge is 2.41. The number of hydrogen-bond acceptors (Lipinski definition) is 3. The van der Waals surface area contributed by atoms with Crippen LogP contribution >= 0.6 is 12.2 Å². The topological polar surface area (TPSA) is 24.9 Å². The highest BCUT2D eigenvalue weighted by Crippen LogP contribution is 2.33. The monoisotopic (exact) mass is 326 g/mol. The second-order valence-electron chi connectivity index (χ2n) is 8.18. The van der Waals surface area contributed by atoms with Crippen LogP contribution < -0.4 is 0 Å². The van der Waals surface area contributed by atoms with Crippen LogP contribution in [0.3, 0.4) is 0 Å². The molecule has 0 spiro atoms. The van der Waals surface area contributed by atoms with Gasteiger partial charge < -0.3 is 19.3 Å². The van der Waals surface area contributed by atoms with Gasteiger partial charge in [0.1, 0.15) is 0 Å². The molecule has 126 valence electrons. The van der Waals surface area contributed by atoms with Gasteiger partial charge in [0.05, 0.1) is 11.2 Å². The fraction of sp³-hybridized carbons (Fsp3) is 0.941. The van der Waals surface area contributed by atoms with Crippen molar-refractivity contribution in [3.8, 4) is 0 Å². The minimum atomic E-state index is -0.0212. The molecule has 2 atom stereocenters. The molecule has 0 unspecified atom stereocenters. The summed E-state index contributed by atoms with van der Waals surface area (Å²) in [6, 6.07) is 1.07. The standard InChI is InChI=1S/C17H30N2O2S/c1-16(2)11-13(5-9-20-16)18-7-8-19(15(18)22)14-6-10-21-17(3,4)12-14/h13-14H,5-12H2,1-4H3/t13-,14-/m1/s1.